The maximum absolute atomic E-state index is 15.5. The maximum atomic E-state index is 15.5. The summed E-state index contributed by atoms with van der Waals surface area (Å²) in [5.41, 5.74) is 2.95. The number of nitrogens with one attached hydrogen (secondary N) is 1. The summed E-state index contributed by atoms with van der Waals surface area (Å²) in [5, 5.41) is 13.8. The van der Waals surface area contributed by atoms with Crippen molar-refractivity contribution in [3.8, 4) is 0 Å². The second-order valence-electron chi connectivity index (χ2n) is 9.41. The van der Waals surface area contributed by atoms with Crippen LogP contribution in [0, 0.1) is 5.92 Å². The number of carbonyl (C=O) groups is 1. The zero-order chi connectivity index (χ0) is 23.9. The third-order valence-corrected chi connectivity index (χ3v) is 7.68. The Labute approximate surface area is 208 Å². The Balaban J connectivity index is 1.18. The van der Waals surface area contributed by atoms with Crippen LogP contribution in [0.2, 0.25) is 10.0 Å². The molecule has 0 amide bonds. The molecule has 1 aliphatic carbocycles. The van der Waals surface area contributed by atoms with Gasteiger partial charge in [0, 0.05) is 58.5 Å². The number of piperidine rings is 1. The Morgan fingerprint density at radius 3 is 2.35 bits per heavy atom. The van der Waals surface area contributed by atoms with Gasteiger partial charge in [0.2, 0.25) is 0 Å². The van der Waals surface area contributed by atoms with Gasteiger partial charge in [0.15, 0.2) is 0 Å². The van der Waals surface area contributed by atoms with Gasteiger partial charge in [0.25, 0.3) is 0 Å². The van der Waals surface area contributed by atoms with Crippen LogP contribution in [-0.4, -0.2) is 43.0 Å². The summed E-state index contributed by atoms with van der Waals surface area (Å²) in [5.74, 6) is -0.419. The number of halogens is 3. The van der Waals surface area contributed by atoms with Crippen molar-refractivity contribution in [1.29, 1.82) is 0 Å². The largest absolute Gasteiger partial charge is 0.478 e. The molecule has 180 valence electrons. The topological polar surface area (TPSA) is 61.8 Å². The maximum Gasteiger partial charge on any atom is 0.335 e. The highest BCUT2D eigenvalue weighted by Crippen LogP contribution is 2.48. The lowest BCUT2D eigenvalue weighted by molar-refractivity contribution is 0.00517. The minimum atomic E-state index is -1.38. The molecule has 5 nitrogen and oxygen atoms in total. The van der Waals surface area contributed by atoms with E-state index in [1.807, 2.05) is 18.2 Å². The number of aromatic carboxylic acids is 1. The van der Waals surface area contributed by atoms with E-state index in [9.17, 15) is 4.79 Å². The van der Waals surface area contributed by atoms with Crippen molar-refractivity contribution >= 4 is 34.9 Å². The lowest BCUT2D eigenvalue weighted by Crippen LogP contribution is -2.45. The van der Waals surface area contributed by atoms with Crippen LogP contribution in [0.5, 0.6) is 0 Å². The fourth-order valence-electron chi connectivity index (χ4n) is 4.83. The van der Waals surface area contributed by atoms with Crippen molar-refractivity contribution in [2.75, 3.05) is 31.2 Å². The van der Waals surface area contributed by atoms with Crippen LogP contribution in [0.25, 0.3) is 0 Å². The number of ether oxygens (including phenoxy) is 1. The molecular formula is C26H27Cl2FN2O3. The Kier molecular flexibility index (Phi) is 6.49. The lowest BCUT2D eigenvalue weighted by Gasteiger charge is -2.39. The lowest BCUT2D eigenvalue weighted by atomic mass is 9.88. The van der Waals surface area contributed by atoms with Gasteiger partial charge >= 0.3 is 5.97 Å². The number of alkyl halides is 1. The highest BCUT2D eigenvalue weighted by Gasteiger charge is 2.41. The van der Waals surface area contributed by atoms with E-state index in [4.69, 9.17) is 33.0 Å². The van der Waals surface area contributed by atoms with E-state index in [1.54, 1.807) is 24.3 Å². The average molecular weight is 505 g/mol. The predicted octanol–water partition coefficient (Wildman–Crippen LogP) is 6.03. The second-order valence-corrected chi connectivity index (χ2v) is 10.2. The van der Waals surface area contributed by atoms with Crippen LogP contribution in [0.1, 0.15) is 47.6 Å². The average Bonchev–Trinajstić information content (AvgIpc) is 3.64. The first kappa shape index (κ1) is 23.5. The van der Waals surface area contributed by atoms with Crippen molar-refractivity contribution in [2.24, 2.45) is 5.92 Å². The van der Waals surface area contributed by atoms with E-state index >= 15 is 4.39 Å². The monoisotopic (exact) mass is 504 g/mol. The Hall–Kier alpha value is -2.28. The van der Waals surface area contributed by atoms with Crippen molar-refractivity contribution in [1.82, 2.24) is 5.32 Å². The quantitative estimate of drug-likeness (QED) is 0.459. The van der Waals surface area contributed by atoms with Gasteiger partial charge in [-0.1, -0.05) is 29.3 Å². The van der Waals surface area contributed by atoms with Crippen LogP contribution in [0.4, 0.5) is 10.1 Å². The van der Waals surface area contributed by atoms with Gasteiger partial charge < -0.3 is 20.1 Å². The van der Waals surface area contributed by atoms with E-state index in [0.717, 1.165) is 29.7 Å². The van der Waals surface area contributed by atoms with Crippen LogP contribution in [0.15, 0.2) is 53.7 Å². The Morgan fingerprint density at radius 2 is 1.76 bits per heavy atom. The molecule has 0 radical (unpaired) electrons. The molecule has 2 aromatic rings. The molecule has 34 heavy (non-hydrogen) atoms. The standard InChI is InChI=1S/C26H27Cl2FN2O3/c27-20-2-1-3-21(28)22(20)24-19(23(30-24)16-4-5-16)14-34-15-26(29)10-12-31(13-11-26)18-8-6-17(7-9-18)25(32)33/h1-3,6-9,16,24,30H,4-5,10-15H2,(H,32,33). The summed E-state index contributed by atoms with van der Waals surface area (Å²) in [6.45, 7) is 1.52. The van der Waals surface area contributed by atoms with Crippen LogP contribution >= 0.6 is 23.2 Å². The molecule has 0 spiro atoms. The zero-order valence-corrected chi connectivity index (χ0v) is 20.2. The van der Waals surface area contributed by atoms with Gasteiger partial charge in [-0.3, -0.25) is 0 Å². The molecule has 2 fully saturated rings. The van der Waals surface area contributed by atoms with Gasteiger partial charge in [-0.2, -0.15) is 0 Å². The first-order valence-electron chi connectivity index (χ1n) is 11.6. The molecule has 0 bridgehead atoms. The molecular weight excluding hydrogens is 478 g/mol. The number of carboxylic acid groups (broad SMARTS) is 1. The SMILES string of the molecule is O=C(O)c1ccc(N2CCC(F)(COCC3=C(C4CC4)NC3c3c(Cl)cccc3Cl)CC2)cc1. The number of nitrogens with zero attached hydrogens (tertiary/aromatic N) is 1. The number of carboxylic acids is 1. The number of hydrogen-bond donors (Lipinski definition) is 2. The predicted molar refractivity (Wildman–Crippen MR) is 132 cm³/mol. The normalized spacial score (nSPS) is 21.7. The van der Waals surface area contributed by atoms with Gasteiger partial charge in [0.05, 0.1) is 24.8 Å². The minimum Gasteiger partial charge on any atom is -0.478 e. The molecule has 3 aliphatic rings. The van der Waals surface area contributed by atoms with Crippen LogP contribution in [-0.2, 0) is 4.74 Å². The van der Waals surface area contributed by atoms with Gasteiger partial charge in [-0.05, 0) is 55.2 Å². The van der Waals surface area contributed by atoms with E-state index < -0.39 is 11.6 Å². The van der Waals surface area contributed by atoms with Crippen molar-refractivity contribution in [2.45, 2.75) is 37.4 Å². The number of anilines is 1. The summed E-state index contributed by atoms with van der Waals surface area (Å²) < 4.78 is 21.5. The summed E-state index contributed by atoms with van der Waals surface area (Å²) >= 11 is 12.9. The molecule has 2 aromatic carbocycles. The second kappa shape index (κ2) is 9.40. The Bertz CT molecular complexity index is 1090. The molecule has 2 heterocycles. The van der Waals surface area contributed by atoms with E-state index in [1.165, 1.54) is 5.70 Å². The number of benzene rings is 2. The molecule has 1 unspecified atom stereocenters. The van der Waals surface area contributed by atoms with Crippen LogP contribution < -0.4 is 10.2 Å². The van der Waals surface area contributed by atoms with Crippen molar-refractivity contribution in [3.05, 3.63) is 74.9 Å². The van der Waals surface area contributed by atoms with Gasteiger partial charge in [0.1, 0.15) is 5.67 Å². The van der Waals surface area contributed by atoms with Gasteiger partial charge in [-0.25, -0.2) is 9.18 Å². The third kappa shape index (κ3) is 4.77. The third-order valence-electron chi connectivity index (χ3n) is 7.03. The summed E-state index contributed by atoms with van der Waals surface area (Å²) in [6, 6.07) is 12.1. The zero-order valence-electron chi connectivity index (χ0n) is 18.7. The van der Waals surface area contributed by atoms with Crippen LogP contribution in [0.3, 0.4) is 0 Å². The van der Waals surface area contributed by atoms with E-state index in [-0.39, 0.29) is 18.2 Å². The van der Waals surface area contributed by atoms with Gasteiger partial charge in [-0.15, -0.1) is 0 Å². The highest BCUT2D eigenvalue weighted by atomic mass is 35.5. The summed E-state index contributed by atoms with van der Waals surface area (Å²) in [4.78, 5) is 13.1. The molecule has 5 rings (SSSR count). The first-order chi connectivity index (χ1) is 16.3. The molecule has 8 heteroatoms. The molecule has 1 saturated heterocycles. The molecule has 1 saturated carbocycles. The molecule has 0 aromatic heterocycles. The van der Waals surface area contributed by atoms with Crippen molar-refractivity contribution < 1.29 is 19.0 Å². The van der Waals surface area contributed by atoms with E-state index in [2.05, 4.69) is 10.2 Å². The number of allylic oxidation sites excluding steroid dienone is 1. The fraction of sp³-hybridized carbons (Fsp3) is 0.423. The minimum absolute atomic E-state index is 0.0449. The van der Waals surface area contributed by atoms with E-state index in [0.29, 0.717) is 48.5 Å². The smallest absolute Gasteiger partial charge is 0.335 e. The Morgan fingerprint density at radius 1 is 1.12 bits per heavy atom. The first-order valence-corrected chi connectivity index (χ1v) is 12.4. The fourth-order valence-corrected chi connectivity index (χ4v) is 5.44. The molecule has 2 N–H and O–H groups in total. The molecule has 1 atom stereocenters. The summed E-state index contributed by atoms with van der Waals surface area (Å²) in [6.07, 6.45) is 3.04. The van der Waals surface area contributed by atoms with Crippen molar-refractivity contribution in [3.63, 3.8) is 0 Å². The number of rotatable bonds is 8. The molecule has 2 aliphatic heterocycles. The highest BCUT2D eigenvalue weighted by molar-refractivity contribution is 6.36. The number of hydrogen-bond acceptors (Lipinski definition) is 4. The summed E-state index contributed by atoms with van der Waals surface area (Å²) in [7, 11) is 0.